The summed E-state index contributed by atoms with van der Waals surface area (Å²) >= 11 is 0. The van der Waals surface area contributed by atoms with E-state index in [0.717, 1.165) is 12.1 Å². The highest BCUT2D eigenvalue weighted by Gasteiger charge is 2.25. The summed E-state index contributed by atoms with van der Waals surface area (Å²) in [6.45, 7) is 4.36. The molecule has 0 radical (unpaired) electrons. The van der Waals surface area contributed by atoms with Gasteiger partial charge in [0.15, 0.2) is 0 Å². The first-order chi connectivity index (χ1) is 13.0. The molecular formula is C21H25N3O3. The Morgan fingerprint density at radius 2 is 1.93 bits per heavy atom. The summed E-state index contributed by atoms with van der Waals surface area (Å²) in [7, 11) is 0. The number of carbonyl (C=O) groups is 2. The summed E-state index contributed by atoms with van der Waals surface area (Å²) in [6, 6.07) is 14.3. The lowest BCUT2D eigenvalue weighted by molar-refractivity contribution is 0.0989. The van der Waals surface area contributed by atoms with Crippen molar-refractivity contribution in [3.05, 3.63) is 59.7 Å². The Morgan fingerprint density at radius 1 is 1.15 bits per heavy atom. The van der Waals surface area contributed by atoms with Crippen LogP contribution in [0, 0.1) is 5.92 Å². The van der Waals surface area contributed by atoms with Gasteiger partial charge in [-0.15, -0.1) is 0 Å². The maximum absolute atomic E-state index is 12.9. The van der Waals surface area contributed by atoms with E-state index in [1.165, 1.54) is 5.56 Å². The van der Waals surface area contributed by atoms with Gasteiger partial charge in [-0.05, 0) is 49.1 Å². The van der Waals surface area contributed by atoms with E-state index >= 15 is 0 Å². The lowest BCUT2D eigenvalue weighted by Crippen LogP contribution is -2.40. The van der Waals surface area contributed by atoms with Gasteiger partial charge in [-0.25, -0.2) is 4.79 Å². The molecule has 0 saturated heterocycles. The molecule has 0 saturated carbocycles. The summed E-state index contributed by atoms with van der Waals surface area (Å²) in [5, 5.41) is 14.7. The third kappa shape index (κ3) is 4.28. The Bertz CT molecular complexity index is 837. The number of nitrogens with one attached hydrogen (secondary N) is 2. The number of aliphatic hydroxyl groups excluding tert-OH is 1. The average molecular weight is 367 g/mol. The van der Waals surface area contributed by atoms with E-state index in [1.807, 2.05) is 38.1 Å². The van der Waals surface area contributed by atoms with Crippen LogP contribution in [0.2, 0.25) is 0 Å². The van der Waals surface area contributed by atoms with Crippen LogP contribution in [0.4, 0.5) is 16.2 Å². The van der Waals surface area contributed by atoms with Crippen molar-refractivity contribution in [3.63, 3.8) is 0 Å². The maximum Gasteiger partial charge on any atom is 0.319 e. The lowest BCUT2D eigenvalue weighted by Gasteiger charge is -2.20. The van der Waals surface area contributed by atoms with Crippen LogP contribution in [0.25, 0.3) is 0 Å². The third-order valence-corrected chi connectivity index (χ3v) is 5.00. The minimum atomic E-state index is -0.362. The Kier molecular flexibility index (Phi) is 5.76. The number of aliphatic hydroxyl groups is 1. The van der Waals surface area contributed by atoms with Crippen molar-refractivity contribution in [3.8, 4) is 0 Å². The number of fused-ring (bicyclic) bond motifs is 1. The second kappa shape index (κ2) is 8.22. The molecule has 0 fully saturated rings. The van der Waals surface area contributed by atoms with Crippen molar-refractivity contribution in [1.82, 2.24) is 5.32 Å². The number of nitrogens with zero attached hydrogens (tertiary/aromatic N) is 1. The van der Waals surface area contributed by atoms with Crippen LogP contribution in [0.5, 0.6) is 0 Å². The molecule has 2 aromatic carbocycles. The van der Waals surface area contributed by atoms with Gasteiger partial charge in [-0.3, -0.25) is 4.79 Å². The monoisotopic (exact) mass is 367 g/mol. The summed E-state index contributed by atoms with van der Waals surface area (Å²) in [5.74, 6) is -0.120. The molecule has 2 aromatic rings. The SMILES string of the molecule is C[C@H](CO)[C@H](C)NC(=O)Nc1cccc(C(=O)N2CCc3ccccc32)c1. The van der Waals surface area contributed by atoms with E-state index < -0.39 is 0 Å². The van der Waals surface area contributed by atoms with Gasteiger partial charge in [0, 0.05) is 36.1 Å². The van der Waals surface area contributed by atoms with Gasteiger partial charge in [-0.2, -0.15) is 0 Å². The highest BCUT2D eigenvalue weighted by molar-refractivity contribution is 6.08. The summed E-state index contributed by atoms with van der Waals surface area (Å²) in [5.41, 5.74) is 3.20. The summed E-state index contributed by atoms with van der Waals surface area (Å²) < 4.78 is 0. The molecule has 1 heterocycles. The van der Waals surface area contributed by atoms with Gasteiger partial charge >= 0.3 is 6.03 Å². The molecule has 27 heavy (non-hydrogen) atoms. The largest absolute Gasteiger partial charge is 0.396 e. The molecule has 3 rings (SSSR count). The fourth-order valence-electron chi connectivity index (χ4n) is 3.11. The van der Waals surface area contributed by atoms with Gasteiger partial charge in [0.25, 0.3) is 5.91 Å². The van der Waals surface area contributed by atoms with Crippen molar-refractivity contribution in [2.24, 2.45) is 5.92 Å². The molecule has 2 atom stereocenters. The zero-order valence-corrected chi connectivity index (χ0v) is 15.6. The summed E-state index contributed by atoms with van der Waals surface area (Å²) in [6.07, 6.45) is 0.850. The molecule has 0 unspecified atom stereocenters. The van der Waals surface area contributed by atoms with Crippen molar-refractivity contribution in [1.29, 1.82) is 0 Å². The second-order valence-corrected chi connectivity index (χ2v) is 6.96. The van der Waals surface area contributed by atoms with Gasteiger partial charge in [-0.1, -0.05) is 31.2 Å². The first-order valence-electron chi connectivity index (χ1n) is 9.18. The van der Waals surface area contributed by atoms with Gasteiger partial charge in [0.05, 0.1) is 0 Å². The molecule has 142 valence electrons. The summed E-state index contributed by atoms with van der Waals surface area (Å²) in [4.78, 5) is 26.8. The van der Waals surface area contributed by atoms with Gasteiger partial charge < -0.3 is 20.6 Å². The Hall–Kier alpha value is -2.86. The number of amides is 3. The molecule has 3 amide bonds. The predicted molar refractivity (Wildman–Crippen MR) is 106 cm³/mol. The molecule has 0 spiro atoms. The Balaban J connectivity index is 1.69. The number of carbonyl (C=O) groups excluding carboxylic acids is 2. The number of hydrogen-bond donors (Lipinski definition) is 3. The van der Waals surface area contributed by atoms with E-state index in [4.69, 9.17) is 5.11 Å². The third-order valence-electron chi connectivity index (χ3n) is 5.00. The zero-order valence-electron chi connectivity index (χ0n) is 15.6. The predicted octanol–water partition coefficient (Wildman–Crippen LogP) is 3.03. The van der Waals surface area contributed by atoms with Gasteiger partial charge in [0.2, 0.25) is 0 Å². The van der Waals surface area contributed by atoms with Crippen LogP contribution in [0.3, 0.4) is 0 Å². The number of hydrogen-bond acceptors (Lipinski definition) is 3. The van der Waals surface area contributed by atoms with E-state index in [9.17, 15) is 9.59 Å². The molecule has 6 nitrogen and oxygen atoms in total. The fraction of sp³-hybridized carbons (Fsp3) is 0.333. The van der Waals surface area contributed by atoms with E-state index in [2.05, 4.69) is 10.6 Å². The molecule has 1 aliphatic rings. The first-order valence-corrected chi connectivity index (χ1v) is 9.18. The van der Waals surface area contributed by atoms with Crippen LogP contribution in [0.1, 0.15) is 29.8 Å². The number of anilines is 2. The van der Waals surface area contributed by atoms with E-state index in [-0.39, 0.29) is 30.5 Å². The number of urea groups is 1. The number of rotatable bonds is 5. The molecular weight excluding hydrogens is 342 g/mol. The fourth-order valence-corrected chi connectivity index (χ4v) is 3.11. The number of benzene rings is 2. The lowest BCUT2D eigenvalue weighted by atomic mass is 10.1. The number of para-hydroxylation sites is 1. The minimum absolute atomic E-state index is 0.00272. The first kappa shape index (κ1) is 18.9. The van der Waals surface area contributed by atoms with Crippen molar-refractivity contribution >= 4 is 23.3 Å². The zero-order chi connectivity index (χ0) is 19.4. The van der Waals surface area contributed by atoms with E-state index in [0.29, 0.717) is 17.8 Å². The second-order valence-electron chi connectivity index (χ2n) is 6.96. The van der Waals surface area contributed by atoms with E-state index in [1.54, 1.807) is 29.2 Å². The average Bonchev–Trinajstić information content (AvgIpc) is 3.10. The highest BCUT2D eigenvalue weighted by Crippen LogP contribution is 2.29. The van der Waals surface area contributed by atoms with Crippen molar-refractivity contribution < 1.29 is 14.7 Å². The van der Waals surface area contributed by atoms with Crippen LogP contribution in [-0.2, 0) is 6.42 Å². The maximum atomic E-state index is 12.9. The van der Waals surface area contributed by atoms with Crippen LogP contribution in [0.15, 0.2) is 48.5 Å². The van der Waals surface area contributed by atoms with Gasteiger partial charge in [0.1, 0.15) is 0 Å². The van der Waals surface area contributed by atoms with Crippen molar-refractivity contribution in [2.75, 3.05) is 23.4 Å². The molecule has 0 aliphatic carbocycles. The highest BCUT2D eigenvalue weighted by atomic mass is 16.3. The molecule has 0 aromatic heterocycles. The Morgan fingerprint density at radius 3 is 2.70 bits per heavy atom. The van der Waals surface area contributed by atoms with Crippen molar-refractivity contribution in [2.45, 2.75) is 26.3 Å². The Labute approximate surface area is 159 Å². The molecule has 6 heteroatoms. The van der Waals surface area contributed by atoms with Crippen LogP contribution >= 0.6 is 0 Å². The minimum Gasteiger partial charge on any atom is -0.396 e. The molecule has 3 N–H and O–H groups in total. The van der Waals surface area contributed by atoms with Crippen LogP contribution in [-0.4, -0.2) is 36.2 Å². The molecule has 0 bridgehead atoms. The standard InChI is InChI=1S/C21H25N3O3/c1-14(13-25)15(2)22-21(27)23-18-8-5-7-17(12-18)20(26)24-11-10-16-6-3-4-9-19(16)24/h3-9,12,14-15,25H,10-11,13H2,1-2H3,(H2,22,23,27)/t14-,15+/m1/s1. The topological polar surface area (TPSA) is 81.7 Å². The quantitative estimate of drug-likeness (QED) is 0.760. The van der Waals surface area contributed by atoms with Crippen LogP contribution < -0.4 is 15.5 Å². The smallest absolute Gasteiger partial charge is 0.319 e. The normalized spacial score (nSPS) is 15.0. The molecule has 1 aliphatic heterocycles.